The Morgan fingerprint density at radius 1 is 1.00 bits per heavy atom. The number of hydrogen-bond acceptors (Lipinski definition) is 5. The summed E-state index contributed by atoms with van der Waals surface area (Å²) in [5.41, 5.74) is 1.46. The van der Waals surface area contributed by atoms with E-state index in [4.69, 9.17) is 44.3 Å². The molecule has 0 saturated heterocycles. The van der Waals surface area contributed by atoms with E-state index >= 15 is 0 Å². The Labute approximate surface area is 203 Å². The molecule has 32 heavy (non-hydrogen) atoms. The number of ether oxygens (including phenoxy) is 2. The number of amides is 1. The second kappa shape index (κ2) is 12.0. The first-order valence-electron chi connectivity index (χ1n) is 10.1. The highest BCUT2D eigenvalue weighted by Gasteiger charge is 2.26. The number of benzene rings is 2. The van der Waals surface area contributed by atoms with E-state index in [9.17, 15) is 15.0 Å². The zero-order valence-electron chi connectivity index (χ0n) is 18.2. The molecule has 9 heteroatoms. The van der Waals surface area contributed by atoms with Gasteiger partial charge in [-0.05, 0) is 35.4 Å². The normalized spacial score (nSPS) is 13.4. The summed E-state index contributed by atoms with van der Waals surface area (Å²) < 4.78 is 11.1. The summed E-state index contributed by atoms with van der Waals surface area (Å²) in [6.07, 6.45) is -1.61. The molecule has 176 valence electrons. The van der Waals surface area contributed by atoms with Crippen LogP contribution in [0.15, 0.2) is 36.4 Å². The fraction of sp³-hybridized carbons (Fsp3) is 0.435. The molecule has 1 amide bonds. The molecule has 0 aromatic heterocycles. The van der Waals surface area contributed by atoms with E-state index in [-0.39, 0.29) is 31.5 Å². The molecule has 2 atom stereocenters. The quantitative estimate of drug-likeness (QED) is 0.400. The van der Waals surface area contributed by atoms with E-state index in [1.165, 1.54) is 6.92 Å². The first-order valence-corrected chi connectivity index (χ1v) is 11.4. The largest absolute Gasteiger partial charge is 0.491 e. The van der Waals surface area contributed by atoms with E-state index in [1.807, 2.05) is 38.1 Å². The molecule has 6 nitrogen and oxygen atoms in total. The van der Waals surface area contributed by atoms with Crippen LogP contribution in [0.5, 0.6) is 11.5 Å². The summed E-state index contributed by atoms with van der Waals surface area (Å²) in [5, 5.41) is 22.7. The molecule has 0 radical (unpaired) electrons. The zero-order chi connectivity index (χ0) is 23.9. The number of halogens is 3. The van der Waals surface area contributed by atoms with Crippen LogP contribution in [0.1, 0.15) is 31.9 Å². The first-order chi connectivity index (χ1) is 15.0. The third-order valence-corrected chi connectivity index (χ3v) is 5.84. The first kappa shape index (κ1) is 26.6. The maximum Gasteiger partial charge on any atom is 0.216 e. The zero-order valence-corrected chi connectivity index (χ0v) is 20.5. The molecule has 2 aromatic carbocycles. The molecular weight excluding hydrogens is 477 g/mol. The Morgan fingerprint density at radius 2 is 1.56 bits per heavy atom. The van der Waals surface area contributed by atoms with E-state index in [2.05, 4.69) is 5.32 Å². The maximum atomic E-state index is 10.9. The highest BCUT2D eigenvalue weighted by Crippen LogP contribution is 2.40. The predicted molar refractivity (Wildman–Crippen MR) is 127 cm³/mol. The van der Waals surface area contributed by atoms with Crippen LogP contribution in [0.2, 0.25) is 10.0 Å². The highest BCUT2D eigenvalue weighted by molar-refractivity contribution is 6.37. The fourth-order valence-corrected chi connectivity index (χ4v) is 3.62. The summed E-state index contributed by atoms with van der Waals surface area (Å²) >= 11 is 18.4. The number of carbonyl (C=O) groups is 1. The Bertz CT molecular complexity index is 882. The molecule has 0 aliphatic heterocycles. The number of rotatable bonds is 11. The van der Waals surface area contributed by atoms with E-state index in [0.717, 1.165) is 11.1 Å². The second-order valence-corrected chi connectivity index (χ2v) is 9.06. The Hall–Kier alpha value is -1.70. The molecule has 2 aromatic rings. The SMILES string of the molecule is CC(=O)NC[C@H](O)COc1ccc(C(C)(C)c2cc(Cl)c(OC[C@H](O)CCl)c(Cl)c2)cc1. The van der Waals surface area contributed by atoms with Gasteiger partial charge in [0.2, 0.25) is 5.91 Å². The molecular formula is C23H28Cl3NO5. The van der Waals surface area contributed by atoms with E-state index in [0.29, 0.717) is 21.5 Å². The van der Waals surface area contributed by atoms with Crippen LogP contribution in [0.4, 0.5) is 0 Å². The number of aliphatic hydroxyl groups excluding tert-OH is 2. The molecule has 2 rings (SSSR count). The summed E-state index contributed by atoms with van der Waals surface area (Å²) in [6, 6.07) is 11.1. The number of alkyl halides is 1. The van der Waals surface area contributed by atoms with Crippen molar-refractivity contribution in [2.45, 2.75) is 38.4 Å². The molecule has 0 heterocycles. The predicted octanol–water partition coefficient (Wildman–Crippen LogP) is 4.17. The van der Waals surface area contributed by atoms with Crippen molar-refractivity contribution in [3.05, 3.63) is 57.6 Å². The van der Waals surface area contributed by atoms with Crippen LogP contribution in [0, 0.1) is 0 Å². The van der Waals surface area contributed by atoms with Crippen molar-refractivity contribution in [3.63, 3.8) is 0 Å². The van der Waals surface area contributed by atoms with Crippen LogP contribution in [0.25, 0.3) is 0 Å². The lowest BCUT2D eigenvalue weighted by Gasteiger charge is -2.27. The summed E-state index contributed by atoms with van der Waals surface area (Å²) in [4.78, 5) is 10.9. The third kappa shape index (κ3) is 7.42. The minimum absolute atomic E-state index is 0.00729. The van der Waals surface area contributed by atoms with Crippen LogP contribution in [-0.2, 0) is 10.2 Å². The van der Waals surface area contributed by atoms with Gasteiger partial charge in [-0.2, -0.15) is 0 Å². The van der Waals surface area contributed by atoms with Gasteiger partial charge in [0, 0.05) is 18.9 Å². The van der Waals surface area contributed by atoms with Gasteiger partial charge in [-0.1, -0.05) is 49.2 Å². The van der Waals surface area contributed by atoms with Crippen molar-refractivity contribution in [1.82, 2.24) is 5.32 Å². The lowest BCUT2D eigenvalue weighted by atomic mass is 9.78. The minimum atomic E-state index is -0.813. The van der Waals surface area contributed by atoms with E-state index in [1.54, 1.807) is 12.1 Å². The molecule has 0 bridgehead atoms. The molecule has 3 N–H and O–H groups in total. The molecule has 0 aliphatic carbocycles. The minimum Gasteiger partial charge on any atom is -0.491 e. The average molecular weight is 505 g/mol. The van der Waals surface area contributed by atoms with Crippen LogP contribution in [-0.4, -0.2) is 54.0 Å². The molecule has 0 aliphatic rings. The van der Waals surface area contributed by atoms with Crippen molar-refractivity contribution in [1.29, 1.82) is 0 Å². The van der Waals surface area contributed by atoms with Crippen molar-refractivity contribution >= 4 is 40.7 Å². The Kier molecular flexibility index (Phi) is 9.92. The smallest absolute Gasteiger partial charge is 0.216 e. The number of carbonyl (C=O) groups excluding carboxylic acids is 1. The van der Waals surface area contributed by atoms with Gasteiger partial charge in [0.1, 0.15) is 31.2 Å². The van der Waals surface area contributed by atoms with Crippen LogP contribution < -0.4 is 14.8 Å². The van der Waals surface area contributed by atoms with Crippen LogP contribution in [0.3, 0.4) is 0 Å². The van der Waals surface area contributed by atoms with Crippen molar-refractivity contribution < 1.29 is 24.5 Å². The highest BCUT2D eigenvalue weighted by atomic mass is 35.5. The fourth-order valence-electron chi connectivity index (χ4n) is 2.93. The number of hydrogen-bond donors (Lipinski definition) is 3. The van der Waals surface area contributed by atoms with E-state index < -0.39 is 17.6 Å². The van der Waals surface area contributed by atoms with Gasteiger partial charge in [0.25, 0.3) is 0 Å². The van der Waals surface area contributed by atoms with Crippen molar-refractivity contribution in [3.8, 4) is 11.5 Å². The van der Waals surface area contributed by atoms with Crippen molar-refractivity contribution in [2.75, 3.05) is 25.6 Å². The van der Waals surface area contributed by atoms with Gasteiger partial charge in [-0.15, -0.1) is 11.6 Å². The second-order valence-electron chi connectivity index (χ2n) is 7.94. The van der Waals surface area contributed by atoms with Gasteiger partial charge in [-0.25, -0.2) is 0 Å². The molecule has 0 saturated carbocycles. The Balaban J connectivity index is 2.10. The average Bonchev–Trinajstić information content (AvgIpc) is 2.75. The maximum absolute atomic E-state index is 10.9. The summed E-state index contributed by atoms with van der Waals surface area (Å²) in [6.45, 7) is 5.66. The summed E-state index contributed by atoms with van der Waals surface area (Å²) in [5.74, 6) is 0.750. The Morgan fingerprint density at radius 3 is 2.09 bits per heavy atom. The van der Waals surface area contributed by atoms with Gasteiger partial charge in [-0.3, -0.25) is 4.79 Å². The lowest BCUT2D eigenvalue weighted by Crippen LogP contribution is -2.33. The van der Waals surface area contributed by atoms with Crippen molar-refractivity contribution in [2.24, 2.45) is 0 Å². The molecule has 0 spiro atoms. The topological polar surface area (TPSA) is 88.0 Å². The molecule has 0 unspecified atom stereocenters. The standard InChI is InChI=1S/C23H28Cl3NO5/c1-14(28)27-11-18(30)13-31-19-6-4-15(5-7-19)23(2,3)16-8-20(25)22(21(26)9-16)32-12-17(29)10-24/h4-9,17-18,29-30H,10-13H2,1-3H3,(H,27,28)/t17-,18+/m1/s1. The van der Waals surface area contributed by atoms with Crippen LogP contribution >= 0.6 is 34.8 Å². The number of nitrogens with one attached hydrogen (secondary N) is 1. The third-order valence-electron chi connectivity index (χ3n) is 4.92. The molecule has 0 fully saturated rings. The monoisotopic (exact) mass is 503 g/mol. The summed E-state index contributed by atoms with van der Waals surface area (Å²) in [7, 11) is 0. The number of aliphatic hydroxyl groups is 2. The van der Waals surface area contributed by atoms with Gasteiger partial charge in [0.05, 0.1) is 15.9 Å². The van der Waals surface area contributed by atoms with Gasteiger partial charge < -0.3 is 25.0 Å². The lowest BCUT2D eigenvalue weighted by molar-refractivity contribution is -0.119. The van der Waals surface area contributed by atoms with Gasteiger partial charge in [0.15, 0.2) is 5.75 Å². The van der Waals surface area contributed by atoms with Gasteiger partial charge >= 0.3 is 0 Å².